The first kappa shape index (κ1) is 24.2. The van der Waals surface area contributed by atoms with Crippen molar-refractivity contribution >= 4 is 49.3 Å². The number of benzene rings is 1. The van der Waals surface area contributed by atoms with Crippen molar-refractivity contribution < 1.29 is 19.1 Å². The highest BCUT2D eigenvalue weighted by molar-refractivity contribution is 9.11. The Kier molecular flexibility index (Phi) is 6.15. The van der Waals surface area contributed by atoms with Crippen LogP contribution in [-0.4, -0.2) is 24.1 Å². The third-order valence-electron chi connectivity index (χ3n) is 6.43. The molecule has 0 saturated carbocycles. The van der Waals surface area contributed by atoms with Gasteiger partial charge in [0.2, 0.25) is 0 Å². The highest BCUT2D eigenvalue weighted by Crippen LogP contribution is 2.53. The van der Waals surface area contributed by atoms with Gasteiger partial charge in [0.05, 0.1) is 4.47 Å². The molecule has 2 aliphatic carbocycles. The summed E-state index contributed by atoms with van der Waals surface area (Å²) in [6, 6.07) is 3.68. The molecule has 0 spiro atoms. The van der Waals surface area contributed by atoms with Crippen LogP contribution in [0.25, 0.3) is 0 Å². The number of allylic oxidation sites excluding steroid dienone is 4. The number of hydrogen-bond acceptors (Lipinski definition) is 5. The minimum atomic E-state index is -0.605. The van der Waals surface area contributed by atoms with E-state index in [2.05, 4.69) is 64.9 Å². The van der Waals surface area contributed by atoms with Gasteiger partial charge in [-0.2, -0.15) is 0 Å². The van der Waals surface area contributed by atoms with Gasteiger partial charge in [0.15, 0.2) is 18.2 Å². The molecule has 0 radical (unpaired) electrons. The molecule has 8 heteroatoms. The molecule has 0 saturated heterocycles. The summed E-state index contributed by atoms with van der Waals surface area (Å²) in [6.07, 6.45) is 2.23. The van der Waals surface area contributed by atoms with Crippen molar-refractivity contribution in [2.24, 2.45) is 16.6 Å². The number of carbonyl (C=O) groups is 3. The average Bonchev–Trinajstić information content (AvgIpc) is 2.62. The first-order valence-corrected chi connectivity index (χ1v) is 12.6. The summed E-state index contributed by atoms with van der Waals surface area (Å²) in [4.78, 5) is 38.5. The van der Waals surface area contributed by atoms with Crippen molar-refractivity contribution in [2.75, 3.05) is 6.61 Å². The van der Waals surface area contributed by atoms with Crippen LogP contribution in [0, 0.1) is 10.8 Å². The minimum Gasteiger partial charge on any atom is -0.482 e. The fourth-order valence-electron chi connectivity index (χ4n) is 5.29. The summed E-state index contributed by atoms with van der Waals surface area (Å²) in [6.45, 7) is 8.03. The molecular formula is C25H28Br2N2O4. The molecule has 3 N–H and O–H groups in total. The van der Waals surface area contributed by atoms with Crippen molar-refractivity contribution in [3.8, 4) is 5.75 Å². The van der Waals surface area contributed by atoms with Gasteiger partial charge in [-0.3, -0.25) is 14.4 Å². The van der Waals surface area contributed by atoms with Gasteiger partial charge in [-0.15, -0.1) is 0 Å². The lowest BCUT2D eigenvalue weighted by molar-refractivity contribution is -0.121. The number of primary amides is 1. The number of hydrogen-bond donors (Lipinski definition) is 2. The fourth-order valence-corrected chi connectivity index (χ4v) is 6.66. The molecule has 33 heavy (non-hydrogen) atoms. The Labute approximate surface area is 210 Å². The summed E-state index contributed by atoms with van der Waals surface area (Å²) in [7, 11) is 0. The van der Waals surface area contributed by atoms with Crippen LogP contribution in [-0.2, 0) is 14.4 Å². The lowest BCUT2D eigenvalue weighted by Gasteiger charge is -2.44. The van der Waals surface area contributed by atoms with Crippen LogP contribution in [0.5, 0.6) is 5.75 Å². The van der Waals surface area contributed by atoms with Crippen LogP contribution in [0.3, 0.4) is 0 Å². The molecule has 1 aromatic rings. The first-order chi connectivity index (χ1) is 15.3. The highest BCUT2D eigenvalue weighted by Gasteiger charge is 2.47. The third-order valence-corrected chi connectivity index (χ3v) is 7.47. The second-order valence-corrected chi connectivity index (χ2v) is 12.6. The number of carbonyl (C=O) groups excluding carboxylic acids is 3. The summed E-state index contributed by atoms with van der Waals surface area (Å²) in [5, 5.41) is 3.51. The van der Waals surface area contributed by atoms with Gasteiger partial charge in [-0.25, -0.2) is 0 Å². The topological polar surface area (TPSA) is 98.5 Å². The normalized spacial score (nSPS) is 22.0. The molecule has 176 valence electrons. The molecule has 1 heterocycles. The molecule has 0 aromatic heterocycles. The number of nitrogens with two attached hydrogens (primary N) is 1. The smallest absolute Gasteiger partial charge is 0.255 e. The van der Waals surface area contributed by atoms with E-state index in [-0.39, 0.29) is 29.0 Å². The van der Waals surface area contributed by atoms with E-state index < -0.39 is 11.8 Å². The fraction of sp³-hybridized carbons (Fsp3) is 0.480. The van der Waals surface area contributed by atoms with E-state index in [9.17, 15) is 14.4 Å². The van der Waals surface area contributed by atoms with Gasteiger partial charge in [0, 0.05) is 51.3 Å². The van der Waals surface area contributed by atoms with Gasteiger partial charge in [-0.05, 0) is 51.7 Å². The maximum absolute atomic E-state index is 13.5. The summed E-state index contributed by atoms with van der Waals surface area (Å²) in [5.74, 6) is -0.704. The van der Waals surface area contributed by atoms with Crippen LogP contribution in [0.15, 0.2) is 43.6 Å². The number of ether oxygens (including phenoxy) is 1. The van der Waals surface area contributed by atoms with Gasteiger partial charge < -0.3 is 15.8 Å². The van der Waals surface area contributed by atoms with E-state index in [1.165, 1.54) is 0 Å². The Hall–Kier alpha value is -1.93. The minimum absolute atomic E-state index is 0.0277. The van der Waals surface area contributed by atoms with Crippen molar-refractivity contribution in [1.29, 1.82) is 0 Å². The standard InChI is InChI=1S/C25H28Br2N2O4/c1-24(2)7-15-21(17(30)9-24)20(22-16(29-15)8-25(3,4)10-18(22)31)13-5-12(26)6-14(27)23(13)33-11-19(28)32/h5-6,20,29H,7-11H2,1-4H3,(H2,28,32). The largest absolute Gasteiger partial charge is 0.482 e. The lowest BCUT2D eigenvalue weighted by Crippen LogP contribution is -2.42. The molecule has 0 bridgehead atoms. The second kappa shape index (κ2) is 8.38. The number of dihydropyridines is 1. The molecule has 6 nitrogen and oxygen atoms in total. The van der Waals surface area contributed by atoms with Crippen LogP contribution in [0.4, 0.5) is 0 Å². The van der Waals surface area contributed by atoms with Crippen LogP contribution in [0.1, 0.15) is 64.9 Å². The molecule has 1 amide bonds. The number of nitrogens with one attached hydrogen (secondary N) is 1. The first-order valence-electron chi connectivity index (χ1n) is 11.0. The quantitative estimate of drug-likeness (QED) is 0.520. The molecule has 0 fully saturated rings. The predicted octanol–water partition coefficient (Wildman–Crippen LogP) is 5.05. The van der Waals surface area contributed by atoms with Crippen LogP contribution < -0.4 is 15.8 Å². The summed E-state index contributed by atoms with van der Waals surface area (Å²) < 4.78 is 7.20. The van der Waals surface area contributed by atoms with Crippen molar-refractivity contribution in [3.05, 3.63) is 49.2 Å². The van der Waals surface area contributed by atoms with E-state index >= 15 is 0 Å². The Bertz CT molecular complexity index is 1100. The molecule has 1 aromatic carbocycles. The number of ketones is 2. The Balaban J connectivity index is 1.97. The van der Waals surface area contributed by atoms with Gasteiger partial charge in [0.25, 0.3) is 5.91 Å². The summed E-state index contributed by atoms with van der Waals surface area (Å²) in [5.41, 5.74) is 8.65. The Morgan fingerprint density at radius 2 is 1.52 bits per heavy atom. The summed E-state index contributed by atoms with van der Waals surface area (Å²) >= 11 is 7.07. The molecule has 4 rings (SSSR count). The van der Waals surface area contributed by atoms with Gasteiger partial charge in [-0.1, -0.05) is 43.6 Å². The van der Waals surface area contributed by atoms with Crippen LogP contribution in [0.2, 0.25) is 0 Å². The van der Waals surface area contributed by atoms with E-state index in [1.54, 1.807) is 0 Å². The average molecular weight is 580 g/mol. The molecule has 1 aliphatic heterocycles. The number of rotatable bonds is 4. The Morgan fingerprint density at radius 3 is 2.00 bits per heavy atom. The van der Waals surface area contributed by atoms with Crippen molar-refractivity contribution in [1.82, 2.24) is 5.32 Å². The van der Waals surface area contributed by atoms with Crippen molar-refractivity contribution in [2.45, 2.75) is 59.3 Å². The third kappa shape index (κ3) is 4.69. The monoisotopic (exact) mass is 578 g/mol. The number of halogens is 2. The maximum Gasteiger partial charge on any atom is 0.255 e. The molecule has 3 aliphatic rings. The molecule has 0 unspecified atom stereocenters. The number of Topliss-reactive ketones (excluding diaryl/α,β-unsaturated/α-hetero) is 2. The van der Waals surface area contributed by atoms with E-state index in [0.29, 0.717) is 52.6 Å². The van der Waals surface area contributed by atoms with E-state index in [0.717, 1.165) is 15.9 Å². The number of amides is 1. The zero-order valence-corrected chi connectivity index (χ0v) is 22.4. The second-order valence-electron chi connectivity index (χ2n) is 10.8. The molecule has 0 atom stereocenters. The zero-order chi connectivity index (χ0) is 24.3. The van der Waals surface area contributed by atoms with E-state index in [4.69, 9.17) is 10.5 Å². The zero-order valence-electron chi connectivity index (χ0n) is 19.2. The van der Waals surface area contributed by atoms with Crippen molar-refractivity contribution in [3.63, 3.8) is 0 Å². The SMILES string of the molecule is CC1(C)CC(=O)C2=C(C1)NC1=C(C(=O)CC(C)(C)C1)C2c1cc(Br)cc(Br)c1OCC(N)=O. The van der Waals surface area contributed by atoms with E-state index in [1.807, 2.05) is 12.1 Å². The highest BCUT2D eigenvalue weighted by atomic mass is 79.9. The lowest BCUT2D eigenvalue weighted by atomic mass is 9.64. The van der Waals surface area contributed by atoms with Gasteiger partial charge in [0.1, 0.15) is 5.75 Å². The van der Waals surface area contributed by atoms with Gasteiger partial charge >= 0.3 is 0 Å². The molecular weight excluding hydrogens is 552 g/mol. The maximum atomic E-state index is 13.5. The van der Waals surface area contributed by atoms with Crippen LogP contribution >= 0.6 is 31.9 Å². The predicted molar refractivity (Wildman–Crippen MR) is 133 cm³/mol. The Morgan fingerprint density at radius 1 is 1.00 bits per heavy atom.